The molecule has 1 amide bonds. The lowest BCUT2D eigenvalue weighted by Crippen LogP contribution is -2.43. The minimum atomic E-state index is -1.11. The summed E-state index contributed by atoms with van der Waals surface area (Å²) in [6.45, 7) is 1.87. The third-order valence-corrected chi connectivity index (χ3v) is 5.00. The van der Waals surface area contributed by atoms with Crippen molar-refractivity contribution in [3.8, 4) is 11.5 Å². The van der Waals surface area contributed by atoms with Crippen molar-refractivity contribution in [2.45, 2.75) is 13.0 Å². The first-order valence-electron chi connectivity index (χ1n) is 9.26. The Hall–Kier alpha value is -3.55. The molecule has 8 heteroatoms. The van der Waals surface area contributed by atoms with Crippen molar-refractivity contribution in [2.24, 2.45) is 5.92 Å². The van der Waals surface area contributed by atoms with E-state index in [9.17, 15) is 9.59 Å². The summed E-state index contributed by atoms with van der Waals surface area (Å²) in [7, 11) is 3.06. The molecule has 4 rings (SSSR count). The molecule has 1 aromatic heterocycles. The summed E-state index contributed by atoms with van der Waals surface area (Å²) in [5, 5.41) is 2.74. The van der Waals surface area contributed by atoms with Crippen LogP contribution in [-0.2, 0) is 14.3 Å². The maximum Gasteiger partial charge on any atom is 0.321 e. The molecule has 0 saturated heterocycles. The fraction of sp³-hybridized carbons (Fsp3) is 0.286. The standard InChI is InChI=1S/C21H21N3O5/c1-4-29-20(26)16-17(12-8-7-11-15(27-2)18(12)28-3)24-14-10-6-5-9-13(14)22-21(24)23-19(16)25/h5-11,16-17H,4H2,1-3H3,(H,22,23,25)/t16-,17-/m0/s1. The number of rotatable bonds is 5. The molecule has 0 saturated carbocycles. The second kappa shape index (κ2) is 7.46. The van der Waals surface area contributed by atoms with Gasteiger partial charge in [0.2, 0.25) is 11.9 Å². The highest BCUT2D eigenvalue weighted by atomic mass is 16.5. The molecule has 29 heavy (non-hydrogen) atoms. The number of carbonyl (C=O) groups is 2. The molecule has 150 valence electrons. The van der Waals surface area contributed by atoms with Crippen LogP contribution in [0.15, 0.2) is 42.5 Å². The Labute approximate surface area is 167 Å². The summed E-state index contributed by atoms with van der Waals surface area (Å²) in [5.41, 5.74) is 2.12. The van der Waals surface area contributed by atoms with Crippen LogP contribution in [0.2, 0.25) is 0 Å². The van der Waals surface area contributed by atoms with E-state index in [1.165, 1.54) is 14.2 Å². The van der Waals surface area contributed by atoms with Gasteiger partial charge in [-0.1, -0.05) is 24.3 Å². The molecule has 0 fully saturated rings. The number of methoxy groups -OCH3 is 2. The Balaban J connectivity index is 2.02. The van der Waals surface area contributed by atoms with Gasteiger partial charge in [-0.25, -0.2) is 4.98 Å². The number of aromatic nitrogens is 2. The molecule has 0 aliphatic carbocycles. The number of nitrogens with one attached hydrogen (secondary N) is 1. The molecule has 1 N–H and O–H groups in total. The predicted molar refractivity (Wildman–Crippen MR) is 106 cm³/mol. The van der Waals surface area contributed by atoms with Gasteiger partial charge >= 0.3 is 5.97 Å². The molecule has 0 radical (unpaired) electrons. The fourth-order valence-electron chi connectivity index (χ4n) is 3.83. The van der Waals surface area contributed by atoms with Crippen LogP contribution in [0.3, 0.4) is 0 Å². The van der Waals surface area contributed by atoms with Gasteiger partial charge in [0.15, 0.2) is 17.4 Å². The van der Waals surface area contributed by atoms with E-state index >= 15 is 0 Å². The van der Waals surface area contributed by atoms with Gasteiger partial charge in [-0.2, -0.15) is 0 Å². The van der Waals surface area contributed by atoms with Crippen LogP contribution in [0.5, 0.6) is 11.5 Å². The highest BCUT2D eigenvalue weighted by Gasteiger charge is 2.45. The number of imidazole rings is 1. The number of amides is 1. The Morgan fingerprint density at radius 3 is 2.66 bits per heavy atom. The maximum atomic E-state index is 13.0. The van der Waals surface area contributed by atoms with Crippen molar-refractivity contribution in [1.82, 2.24) is 9.55 Å². The lowest BCUT2D eigenvalue weighted by Gasteiger charge is -2.33. The first kappa shape index (κ1) is 18.8. The molecule has 0 unspecified atom stereocenters. The van der Waals surface area contributed by atoms with Gasteiger partial charge in [0.25, 0.3) is 0 Å². The van der Waals surface area contributed by atoms with Gasteiger partial charge < -0.3 is 18.8 Å². The number of carbonyl (C=O) groups excluding carboxylic acids is 2. The average molecular weight is 395 g/mol. The summed E-state index contributed by atoms with van der Waals surface area (Å²) in [6, 6.07) is 12.2. The zero-order valence-corrected chi connectivity index (χ0v) is 16.3. The first-order valence-corrected chi connectivity index (χ1v) is 9.26. The van der Waals surface area contributed by atoms with Gasteiger partial charge in [0, 0.05) is 5.56 Å². The topological polar surface area (TPSA) is 91.7 Å². The quantitative estimate of drug-likeness (QED) is 0.528. The summed E-state index contributed by atoms with van der Waals surface area (Å²) in [4.78, 5) is 30.3. The Morgan fingerprint density at radius 1 is 1.14 bits per heavy atom. The lowest BCUT2D eigenvalue weighted by atomic mass is 9.89. The van der Waals surface area contributed by atoms with Crippen LogP contribution in [0.1, 0.15) is 18.5 Å². The van der Waals surface area contributed by atoms with E-state index in [2.05, 4.69) is 10.3 Å². The summed E-state index contributed by atoms with van der Waals surface area (Å²) in [6.07, 6.45) is 0. The third kappa shape index (κ3) is 2.97. The Kier molecular flexibility index (Phi) is 4.84. The Morgan fingerprint density at radius 2 is 1.93 bits per heavy atom. The molecular weight excluding hydrogens is 374 g/mol. The van der Waals surface area contributed by atoms with Crippen molar-refractivity contribution in [1.29, 1.82) is 0 Å². The molecule has 0 spiro atoms. The predicted octanol–water partition coefficient (Wildman–Crippen LogP) is 2.77. The largest absolute Gasteiger partial charge is 0.493 e. The van der Waals surface area contributed by atoms with E-state index in [4.69, 9.17) is 14.2 Å². The van der Waals surface area contributed by atoms with Crippen LogP contribution in [0.25, 0.3) is 11.0 Å². The van der Waals surface area contributed by atoms with Crippen molar-refractivity contribution in [3.63, 3.8) is 0 Å². The van der Waals surface area contributed by atoms with Gasteiger partial charge in [-0.3, -0.25) is 14.9 Å². The van der Waals surface area contributed by atoms with E-state index < -0.39 is 23.8 Å². The van der Waals surface area contributed by atoms with Crippen molar-refractivity contribution in [3.05, 3.63) is 48.0 Å². The highest BCUT2D eigenvalue weighted by molar-refractivity contribution is 6.07. The molecular formula is C21H21N3O5. The number of nitrogens with zero attached hydrogens (tertiary/aromatic N) is 2. The van der Waals surface area contributed by atoms with E-state index in [-0.39, 0.29) is 6.61 Å². The molecule has 8 nitrogen and oxygen atoms in total. The number of fused-ring (bicyclic) bond motifs is 3. The molecule has 1 aliphatic heterocycles. The van der Waals surface area contributed by atoms with Crippen LogP contribution in [-0.4, -0.2) is 42.3 Å². The lowest BCUT2D eigenvalue weighted by molar-refractivity contribution is -0.152. The second-order valence-corrected chi connectivity index (χ2v) is 6.54. The van der Waals surface area contributed by atoms with Crippen molar-refractivity contribution >= 4 is 28.9 Å². The smallest absolute Gasteiger partial charge is 0.321 e. The SMILES string of the molecule is CCOC(=O)[C@@H]1C(=O)Nc2nc3ccccc3n2[C@H]1c1cccc(OC)c1OC. The monoisotopic (exact) mass is 395 g/mol. The number of esters is 1. The number of ether oxygens (including phenoxy) is 3. The zero-order chi connectivity index (χ0) is 20.5. The number of hydrogen-bond donors (Lipinski definition) is 1. The van der Waals surface area contributed by atoms with Crippen molar-refractivity contribution in [2.75, 3.05) is 26.1 Å². The number of hydrogen-bond acceptors (Lipinski definition) is 6. The maximum absolute atomic E-state index is 13.0. The van der Waals surface area contributed by atoms with Crippen LogP contribution >= 0.6 is 0 Å². The minimum absolute atomic E-state index is 0.169. The molecule has 2 atom stereocenters. The van der Waals surface area contributed by atoms with Gasteiger partial charge in [0.05, 0.1) is 37.9 Å². The number of anilines is 1. The molecule has 2 heterocycles. The molecule has 0 bridgehead atoms. The minimum Gasteiger partial charge on any atom is -0.493 e. The second-order valence-electron chi connectivity index (χ2n) is 6.54. The van der Waals surface area contributed by atoms with E-state index in [0.29, 0.717) is 28.5 Å². The molecule has 1 aliphatic rings. The summed E-state index contributed by atoms with van der Waals surface area (Å²) in [5.74, 6) is -0.866. The van der Waals surface area contributed by atoms with Gasteiger partial charge in [-0.05, 0) is 25.1 Å². The first-order chi connectivity index (χ1) is 14.1. The van der Waals surface area contributed by atoms with Gasteiger partial charge in [-0.15, -0.1) is 0 Å². The number of para-hydroxylation sites is 3. The molecule has 3 aromatic rings. The normalized spacial score (nSPS) is 18.1. The third-order valence-electron chi connectivity index (χ3n) is 5.00. The fourth-order valence-corrected chi connectivity index (χ4v) is 3.83. The number of benzene rings is 2. The van der Waals surface area contributed by atoms with Crippen molar-refractivity contribution < 1.29 is 23.8 Å². The Bertz CT molecular complexity index is 1090. The van der Waals surface area contributed by atoms with E-state index in [0.717, 1.165) is 5.52 Å². The van der Waals surface area contributed by atoms with E-state index in [1.807, 2.05) is 34.9 Å². The average Bonchev–Trinajstić information content (AvgIpc) is 3.09. The van der Waals surface area contributed by atoms with Crippen LogP contribution in [0, 0.1) is 5.92 Å². The van der Waals surface area contributed by atoms with E-state index in [1.54, 1.807) is 19.1 Å². The van der Waals surface area contributed by atoms with Crippen LogP contribution in [0.4, 0.5) is 5.95 Å². The summed E-state index contributed by atoms with van der Waals surface area (Å²) < 4.78 is 18.1. The van der Waals surface area contributed by atoms with Gasteiger partial charge in [0.1, 0.15) is 0 Å². The van der Waals surface area contributed by atoms with Crippen LogP contribution < -0.4 is 14.8 Å². The zero-order valence-electron chi connectivity index (χ0n) is 16.3. The molecule has 2 aromatic carbocycles. The highest BCUT2D eigenvalue weighted by Crippen LogP contribution is 2.44. The summed E-state index contributed by atoms with van der Waals surface area (Å²) >= 11 is 0.